The van der Waals surface area contributed by atoms with Gasteiger partial charge in [-0.05, 0) is 36.3 Å². The fourth-order valence-corrected chi connectivity index (χ4v) is 5.16. The molecule has 0 radical (unpaired) electrons. The molecule has 0 bridgehead atoms. The Morgan fingerprint density at radius 3 is 2.10 bits per heavy atom. The van der Waals surface area contributed by atoms with Crippen LogP contribution in [0.25, 0.3) is 0 Å². The highest BCUT2D eigenvalue weighted by molar-refractivity contribution is 6.74. The van der Waals surface area contributed by atoms with E-state index in [1.165, 1.54) is 16.8 Å². The van der Waals surface area contributed by atoms with Gasteiger partial charge in [-0.3, -0.25) is 14.3 Å². The first-order valence-corrected chi connectivity index (χ1v) is 16.7. The molecule has 1 fully saturated rings. The molecule has 1 aromatic heterocycles. The van der Waals surface area contributed by atoms with Crippen LogP contribution in [0.1, 0.15) is 47.8 Å². The van der Waals surface area contributed by atoms with E-state index >= 15 is 0 Å². The summed E-state index contributed by atoms with van der Waals surface area (Å²) >= 11 is 0. The highest BCUT2D eigenvalue weighted by atomic mass is 28.4. The van der Waals surface area contributed by atoms with Crippen molar-refractivity contribution >= 4 is 16.6 Å². The summed E-state index contributed by atoms with van der Waals surface area (Å²) in [7, 11) is -4.35. The first-order chi connectivity index (χ1) is 13.9. The number of ether oxygens (including phenoxy) is 1. The van der Waals surface area contributed by atoms with Gasteiger partial charge in [0.15, 0.2) is 22.9 Å². The Morgan fingerprint density at radius 1 is 1.06 bits per heavy atom. The van der Waals surface area contributed by atoms with Crippen molar-refractivity contribution in [1.82, 2.24) is 9.55 Å². The number of aliphatic hydroxyl groups excluding tert-OH is 1. The van der Waals surface area contributed by atoms with Gasteiger partial charge in [0.2, 0.25) is 0 Å². The predicted octanol–water partition coefficient (Wildman–Crippen LogP) is 3.21. The molecule has 178 valence electrons. The molecule has 4 atom stereocenters. The Bertz CT molecular complexity index is 881. The second-order valence-electron chi connectivity index (χ2n) is 11.5. The number of aromatic nitrogens is 2. The molecule has 2 heterocycles. The predicted molar refractivity (Wildman–Crippen MR) is 126 cm³/mol. The SMILES string of the molecule is CC(C)(C)[Si](C)(C)OC[C@H]1O[C@@H](n2ccc(=O)[nH]c2=O)C(O[Si](C)(C)C(C)(C)C)[C@H]1O. The van der Waals surface area contributed by atoms with Crippen LogP contribution in [0.5, 0.6) is 0 Å². The average Bonchev–Trinajstić information content (AvgIpc) is 2.87. The lowest BCUT2D eigenvalue weighted by Crippen LogP contribution is -2.50. The zero-order valence-corrected chi connectivity index (χ0v) is 22.6. The van der Waals surface area contributed by atoms with E-state index in [2.05, 4.69) is 72.7 Å². The van der Waals surface area contributed by atoms with Crippen LogP contribution < -0.4 is 11.2 Å². The molecular weight excluding hydrogens is 432 g/mol. The van der Waals surface area contributed by atoms with Crippen LogP contribution >= 0.6 is 0 Å². The second kappa shape index (κ2) is 8.71. The lowest BCUT2D eigenvalue weighted by molar-refractivity contribution is -0.0514. The maximum atomic E-state index is 12.5. The molecule has 0 saturated carbocycles. The highest BCUT2D eigenvalue weighted by Crippen LogP contribution is 2.42. The minimum atomic E-state index is -2.29. The second-order valence-corrected chi connectivity index (χ2v) is 21.1. The van der Waals surface area contributed by atoms with Crippen LogP contribution in [0.3, 0.4) is 0 Å². The summed E-state index contributed by atoms with van der Waals surface area (Å²) in [5.74, 6) is 0. The fourth-order valence-electron chi connectivity index (χ4n) is 2.86. The van der Waals surface area contributed by atoms with Gasteiger partial charge in [-0.2, -0.15) is 0 Å². The standard InChI is InChI=1S/C21H40N2O6Si2/c1-20(2,3)30(7,8)27-13-14-16(25)17(29-31(9,10)21(4,5)6)18(28-14)23-12-11-15(24)22-19(23)26/h11-12,14,16-18,25H,13H2,1-10H3,(H,22,24,26)/t14-,16+,17?,18-/m1/s1. The lowest BCUT2D eigenvalue weighted by Gasteiger charge is -2.40. The smallest absolute Gasteiger partial charge is 0.330 e. The number of nitrogens with one attached hydrogen (secondary N) is 1. The summed E-state index contributed by atoms with van der Waals surface area (Å²) in [6.45, 7) is 21.5. The number of aliphatic hydroxyl groups is 1. The van der Waals surface area contributed by atoms with Crippen LogP contribution in [0.4, 0.5) is 0 Å². The van der Waals surface area contributed by atoms with Crippen LogP contribution in [0.2, 0.25) is 36.3 Å². The topological polar surface area (TPSA) is 103 Å². The molecule has 0 spiro atoms. The Morgan fingerprint density at radius 2 is 1.61 bits per heavy atom. The molecule has 10 heteroatoms. The van der Waals surface area contributed by atoms with Gasteiger partial charge in [-0.15, -0.1) is 0 Å². The van der Waals surface area contributed by atoms with E-state index in [-0.39, 0.29) is 16.7 Å². The molecule has 0 amide bonds. The zero-order valence-electron chi connectivity index (χ0n) is 20.6. The third kappa shape index (κ3) is 5.66. The van der Waals surface area contributed by atoms with Gasteiger partial charge in [-0.1, -0.05) is 41.5 Å². The largest absolute Gasteiger partial charge is 0.414 e. The molecule has 1 aliphatic rings. The quantitative estimate of drug-likeness (QED) is 0.616. The van der Waals surface area contributed by atoms with E-state index in [0.717, 1.165) is 0 Å². The molecule has 31 heavy (non-hydrogen) atoms. The Balaban J connectivity index is 2.37. The maximum absolute atomic E-state index is 12.5. The molecule has 1 aromatic rings. The van der Waals surface area contributed by atoms with E-state index in [1.54, 1.807) is 0 Å². The molecule has 1 aliphatic heterocycles. The van der Waals surface area contributed by atoms with Crippen molar-refractivity contribution in [2.45, 2.75) is 102 Å². The fraction of sp³-hybridized carbons (Fsp3) is 0.810. The van der Waals surface area contributed by atoms with Crippen molar-refractivity contribution in [2.75, 3.05) is 6.61 Å². The number of rotatable bonds is 6. The molecule has 0 aliphatic carbocycles. The van der Waals surface area contributed by atoms with E-state index < -0.39 is 52.4 Å². The van der Waals surface area contributed by atoms with E-state index in [0.29, 0.717) is 0 Å². The van der Waals surface area contributed by atoms with Gasteiger partial charge < -0.3 is 18.7 Å². The summed E-state index contributed by atoms with van der Waals surface area (Å²) in [4.78, 5) is 26.3. The van der Waals surface area contributed by atoms with Gasteiger partial charge in [0.05, 0.1) is 6.61 Å². The molecule has 0 aromatic carbocycles. The number of nitrogens with zero attached hydrogens (tertiary/aromatic N) is 1. The van der Waals surface area contributed by atoms with Crippen molar-refractivity contribution in [3.63, 3.8) is 0 Å². The third-order valence-electron chi connectivity index (χ3n) is 7.09. The molecule has 1 unspecified atom stereocenters. The van der Waals surface area contributed by atoms with Crippen LogP contribution in [0.15, 0.2) is 21.9 Å². The summed E-state index contributed by atoms with van der Waals surface area (Å²) < 4.78 is 20.2. The number of aromatic amines is 1. The van der Waals surface area contributed by atoms with E-state index in [1.807, 2.05) is 0 Å². The van der Waals surface area contributed by atoms with Crippen LogP contribution in [0, 0.1) is 0 Å². The van der Waals surface area contributed by atoms with Crippen molar-refractivity contribution in [3.8, 4) is 0 Å². The molecule has 2 rings (SSSR count). The maximum Gasteiger partial charge on any atom is 0.330 e. The highest BCUT2D eigenvalue weighted by Gasteiger charge is 2.51. The molecule has 1 saturated heterocycles. The Hall–Kier alpha value is -1.05. The van der Waals surface area contributed by atoms with Crippen molar-refractivity contribution in [1.29, 1.82) is 0 Å². The minimum Gasteiger partial charge on any atom is -0.414 e. The zero-order chi connectivity index (χ0) is 24.0. The van der Waals surface area contributed by atoms with Crippen LogP contribution in [-0.2, 0) is 13.6 Å². The van der Waals surface area contributed by atoms with Crippen molar-refractivity contribution < 1.29 is 18.7 Å². The lowest BCUT2D eigenvalue weighted by atomic mass is 10.1. The number of hydrogen-bond acceptors (Lipinski definition) is 6. The summed E-state index contributed by atoms with van der Waals surface area (Å²) in [6, 6.07) is 1.26. The summed E-state index contributed by atoms with van der Waals surface area (Å²) in [6.07, 6.45) is -1.84. The Kier molecular flexibility index (Phi) is 7.37. The van der Waals surface area contributed by atoms with Crippen molar-refractivity contribution in [3.05, 3.63) is 33.1 Å². The summed E-state index contributed by atoms with van der Waals surface area (Å²) in [5.41, 5.74) is -1.08. The number of H-pyrrole nitrogens is 1. The summed E-state index contributed by atoms with van der Waals surface area (Å²) in [5, 5.41) is 11.1. The first-order valence-electron chi connectivity index (χ1n) is 10.8. The van der Waals surface area contributed by atoms with Gasteiger partial charge in [0.25, 0.3) is 5.56 Å². The molecule has 2 N–H and O–H groups in total. The first kappa shape index (κ1) is 26.2. The monoisotopic (exact) mass is 472 g/mol. The van der Waals surface area contributed by atoms with Gasteiger partial charge in [0, 0.05) is 12.3 Å². The van der Waals surface area contributed by atoms with Crippen molar-refractivity contribution in [2.24, 2.45) is 0 Å². The van der Waals surface area contributed by atoms with Gasteiger partial charge >= 0.3 is 5.69 Å². The van der Waals surface area contributed by atoms with Gasteiger partial charge in [-0.25, -0.2) is 4.79 Å². The van der Waals surface area contributed by atoms with E-state index in [4.69, 9.17) is 13.6 Å². The van der Waals surface area contributed by atoms with E-state index in [9.17, 15) is 14.7 Å². The van der Waals surface area contributed by atoms with Gasteiger partial charge in [0.1, 0.15) is 18.3 Å². The average molecular weight is 473 g/mol. The third-order valence-corrected chi connectivity index (χ3v) is 16.1. The van der Waals surface area contributed by atoms with Crippen LogP contribution in [-0.4, -0.2) is 56.2 Å². The number of hydrogen-bond donors (Lipinski definition) is 2. The minimum absolute atomic E-state index is 0.0167. The Labute approximate surface area is 187 Å². The normalized spacial score (nSPS) is 25.8. The molecular formula is C21H40N2O6Si2. The molecule has 8 nitrogen and oxygen atoms in total.